The van der Waals surface area contributed by atoms with E-state index in [2.05, 4.69) is 35.4 Å². The minimum Gasteiger partial charge on any atom is -0.497 e. The number of methoxy groups -OCH3 is 1. The second-order valence-electron chi connectivity index (χ2n) is 8.36. The quantitative estimate of drug-likeness (QED) is 0.357. The Morgan fingerprint density at radius 2 is 1.97 bits per heavy atom. The van der Waals surface area contributed by atoms with Crippen molar-refractivity contribution in [2.75, 3.05) is 13.7 Å². The van der Waals surface area contributed by atoms with E-state index in [-0.39, 0.29) is 5.91 Å². The lowest BCUT2D eigenvalue weighted by Gasteiger charge is -2.07. The number of unbranched alkanes of at least 4 members (excludes halogenated alkanes) is 2. The van der Waals surface area contributed by atoms with E-state index in [1.165, 1.54) is 0 Å². The molecule has 5 nitrogen and oxygen atoms in total. The van der Waals surface area contributed by atoms with Gasteiger partial charge in [0.2, 0.25) is 0 Å². The smallest absolute Gasteiger partial charge is 0.253 e. The Balaban J connectivity index is 1.63. The number of hydrogen-bond acceptors (Lipinski definition) is 3. The van der Waals surface area contributed by atoms with Gasteiger partial charge in [0.05, 0.1) is 23.7 Å². The first kappa shape index (κ1) is 21.0. The normalized spacial score (nSPS) is 12.4. The van der Waals surface area contributed by atoms with Crippen molar-refractivity contribution < 1.29 is 9.53 Å². The van der Waals surface area contributed by atoms with Gasteiger partial charge in [0, 0.05) is 40.3 Å². The molecule has 0 radical (unpaired) electrons. The lowest BCUT2D eigenvalue weighted by molar-refractivity contribution is 0.0951. The fourth-order valence-corrected chi connectivity index (χ4v) is 4.38. The van der Waals surface area contributed by atoms with E-state index in [1.54, 1.807) is 7.11 Å². The van der Waals surface area contributed by atoms with Crippen LogP contribution in [-0.2, 0) is 0 Å². The van der Waals surface area contributed by atoms with Crippen LogP contribution in [0, 0.1) is 0 Å². The molecule has 5 heteroatoms. The number of aromatic amines is 1. The van der Waals surface area contributed by atoms with Crippen LogP contribution in [-0.4, -0.2) is 24.5 Å². The van der Waals surface area contributed by atoms with E-state index in [0.29, 0.717) is 12.1 Å². The molecule has 0 spiro atoms. The SMILES string of the molecule is CCCCCNC(=O)c1cc(=Cc2c[nH]c3ccc(OC)cc23)cc2c1=Nc1ccccc1-2. The fourth-order valence-electron chi connectivity index (χ4n) is 4.38. The first-order valence-electron chi connectivity index (χ1n) is 11.4. The maximum Gasteiger partial charge on any atom is 0.253 e. The van der Waals surface area contributed by atoms with Crippen LogP contribution < -0.4 is 20.6 Å². The molecule has 4 aromatic rings. The maximum absolute atomic E-state index is 13.2. The van der Waals surface area contributed by atoms with Gasteiger partial charge in [0.25, 0.3) is 5.91 Å². The Labute approximate surface area is 192 Å². The third kappa shape index (κ3) is 4.02. The molecule has 5 rings (SSSR count). The summed E-state index contributed by atoms with van der Waals surface area (Å²) in [7, 11) is 1.67. The Kier molecular flexibility index (Phi) is 5.69. The van der Waals surface area contributed by atoms with Crippen LogP contribution in [0.15, 0.2) is 65.8 Å². The van der Waals surface area contributed by atoms with Crippen LogP contribution in [0.2, 0.25) is 0 Å². The number of H-pyrrole nitrogens is 1. The lowest BCUT2D eigenvalue weighted by Crippen LogP contribution is -2.31. The lowest BCUT2D eigenvalue weighted by atomic mass is 10.0. The number of hydrogen-bond donors (Lipinski definition) is 2. The molecule has 0 aliphatic carbocycles. The van der Waals surface area contributed by atoms with E-state index in [1.807, 2.05) is 48.7 Å². The van der Waals surface area contributed by atoms with E-state index in [9.17, 15) is 4.79 Å². The molecule has 0 unspecified atom stereocenters. The molecule has 0 atom stereocenters. The van der Waals surface area contributed by atoms with E-state index >= 15 is 0 Å². The van der Waals surface area contributed by atoms with Crippen molar-refractivity contribution in [3.05, 3.63) is 82.5 Å². The highest BCUT2D eigenvalue weighted by atomic mass is 16.5. The number of ether oxygens (including phenoxy) is 1. The average molecular weight is 438 g/mol. The second kappa shape index (κ2) is 8.94. The molecule has 33 heavy (non-hydrogen) atoms. The third-order valence-corrected chi connectivity index (χ3v) is 6.11. The largest absolute Gasteiger partial charge is 0.497 e. The number of para-hydroxylation sites is 1. The number of amides is 1. The molecule has 166 valence electrons. The molecule has 0 bridgehead atoms. The van der Waals surface area contributed by atoms with Gasteiger partial charge in [-0.15, -0.1) is 0 Å². The van der Waals surface area contributed by atoms with Gasteiger partial charge in [0.15, 0.2) is 0 Å². The Bertz CT molecular complexity index is 1470. The number of aromatic nitrogens is 1. The standard InChI is InChI=1S/C28H27N3O2/c1-3-4-7-12-29-28(32)24-15-18(14-23-21-8-5-6-9-26(21)31-27(23)24)13-19-17-30-25-11-10-20(33-2)16-22(19)25/h5-6,8-11,13-17,30H,3-4,7,12H2,1-2H3,(H,29,32). The summed E-state index contributed by atoms with van der Waals surface area (Å²) in [5.74, 6) is 0.736. The van der Waals surface area contributed by atoms with Crippen molar-refractivity contribution in [1.82, 2.24) is 10.3 Å². The van der Waals surface area contributed by atoms with Crippen LogP contribution in [0.1, 0.15) is 42.1 Å². The molecule has 1 aliphatic heterocycles. The summed E-state index contributed by atoms with van der Waals surface area (Å²) in [6, 6.07) is 18.1. The van der Waals surface area contributed by atoms with Crippen molar-refractivity contribution in [2.45, 2.75) is 26.2 Å². The minimum atomic E-state index is -0.0743. The first-order valence-corrected chi connectivity index (χ1v) is 11.4. The van der Waals surface area contributed by atoms with Crippen molar-refractivity contribution >= 4 is 28.6 Å². The van der Waals surface area contributed by atoms with Crippen LogP contribution in [0.3, 0.4) is 0 Å². The summed E-state index contributed by atoms with van der Waals surface area (Å²) in [5.41, 5.74) is 5.66. The number of rotatable bonds is 7. The average Bonchev–Trinajstić information content (AvgIpc) is 3.42. The van der Waals surface area contributed by atoms with Gasteiger partial charge in [0.1, 0.15) is 5.75 Å². The summed E-state index contributed by atoms with van der Waals surface area (Å²) in [5, 5.41) is 5.87. The van der Waals surface area contributed by atoms with Gasteiger partial charge in [-0.2, -0.15) is 0 Å². The van der Waals surface area contributed by atoms with Gasteiger partial charge in [-0.05, 0) is 54.1 Å². The fraction of sp³-hybridized carbons (Fsp3) is 0.214. The highest BCUT2D eigenvalue weighted by Crippen LogP contribution is 2.32. The summed E-state index contributed by atoms with van der Waals surface area (Å²) < 4.78 is 5.41. The van der Waals surface area contributed by atoms with E-state index in [4.69, 9.17) is 9.73 Å². The van der Waals surface area contributed by atoms with Crippen molar-refractivity contribution in [3.63, 3.8) is 0 Å². The topological polar surface area (TPSA) is 66.5 Å². The predicted molar refractivity (Wildman–Crippen MR) is 133 cm³/mol. The maximum atomic E-state index is 13.2. The molecule has 0 saturated heterocycles. The van der Waals surface area contributed by atoms with Crippen LogP contribution in [0.25, 0.3) is 28.1 Å². The van der Waals surface area contributed by atoms with Crippen LogP contribution in [0.4, 0.5) is 5.69 Å². The van der Waals surface area contributed by atoms with Gasteiger partial charge in [-0.1, -0.05) is 38.0 Å². The zero-order valence-electron chi connectivity index (χ0n) is 18.9. The van der Waals surface area contributed by atoms with Gasteiger partial charge < -0.3 is 15.0 Å². The summed E-state index contributed by atoms with van der Waals surface area (Å²) in [6.07, 6.45) is 7.29. The van der Waals surface area contributed by atoms with Gasteiger partial charge >= 0.3 is 0 Å². The van der Waals surface area contributed by atoms with Gasteiger partial charge in [-0.25, -0.2) is 4.99 Å². The van der Waals surface area contributed by atoms with Crippen LogP contribution >= 0.6 is 0 Å². The molecular weight excluding hydrogens is 410 g/mol. The highest BCUT2D eigenvalue weighted by molar-refractivity contribution is 5.97. The Morgan fingerprint density at radius 1 is 1.09 bits per heavy atom. The molecule has 1 aliphatic rings. The van der Waals surface area contributed by atoms with E-state index in [0.717, 1.165) is 68.9 Å². The summed E-state index contributed by atoms with van der Waals surface area (Å²) >= 11 is 0. The number of carbonyl (C=O) groups excluding carboxylic acids is 1. The van der Waals surface area contributed by atoms with Crippen molar-refractivity contribution in [1.29, 1.82) is 0 Å². The second-order valence-corrected chi connectivity index (χ2v) is 8.36. The number of nitrogens with one attached hydrogen (secondary N) is 2. The zero-order chi connectivity index (χ0) is 22.8. The van der Waals surface area contributed by atoms with Crippen molar-refractivity contribution in [2.24, 2.45) is 4.99 Å². The van der Waals surface area contributed by atoms with E-state index < -0.39 is 0 Å². The Hall–Kier alpha value is -3.86. The third-order valence-electron chi connectivity index (χ3n) is 6.11. The Morgan fingerprint density at radius 3 is 2.82 bits per heavy atom. The molecule has 3 aromatic carbocycles. The molecule has 2 N–H and O–H groups in total. The number of benzene rings is 3. The molecule has 1 aromatic heterocycles. The molecule has 0 fully saturated rings. The zero-order valence-corrected chi connectivity index (χ0v) is 18.9. The number of carbonyl (C=O) groups is 1. The number of nitrogens with zero attached hydrogens (tertiary/aromatic N) is 1. The molecule has 0 saturated carbocycles. The molecule has 1 amide bonds. The van der Waals surface area contributed by atoms with Crippen LogP contribution in [0.5, 0.6) is 5.75 Å². The summed E-state index contributed by atoms with van der Waals surface area (Å²) in [6.45, 7) is 2.83. The predicted octanol–water partition coefficient (Wildman–Crippen LogP) is 4.86. The highest BCUT2D eigenvalue weighted by Gasteiger charge is 2.19. The molecular formula is C28H27N3O2. The molecule has 2 heterocycles. The van der Waals surface area contributed by atoms with Crippen molar-refractivity contribution in [3.8, 4) is 16.9 Å². The monoisotopic (exact) mass is 437 g/mol. The van der Waals surface area contributed by atoms with Gasteiger partial charge in [-0.3, -0.25) is 4.79 Å². The summed E-state index contributed by atoms with van der Waals surface area (Å²) in [4.78, 5) is 21.3. The number of fused-ring (bicyclic) bond motifs is 4. The first-order chi connectivity index (χ1) is 16.2. The minimum absolute atomic E-state index is 0.0743.